The molecule has 9 heavy (non-hydrogen) atoms. The molecule has 1 rings (SSSR count). The first-order valence-corrected chi connectivity index (χ1v) is 2.76. The van der Waals surface area contributed by atoms with Gasteiger partial charge in [-0.25, -0.2) is 4.79 Å². The van der Waals surface area contributed by atoms with Gasteiger partial charge in [-0.05, 0) is 18.8 Å². The average Bonchev–Trinajstić information content (AvgIpc) is 2.41. The Kier molecular flexibility index (Phi) is 3.39. The Hall–Kier alpha value is -0.440. The van der Waals surface area contributed by atoms with Gasteiger partial charge in [-0.2, -0.15) is 0 Å². The predicted octanol–water partition coefficient (Wildman–Crippen LogP) is 1.09. The molecule has 1 amide bonds. The molecule has 0 radical (unpaired) electrons. The van der Waals surface area contributed by atoms with Gasteiger partial charge in [0.1, 0.15) is 0 Å². The van der Waals surface area contributed by atoms with Gasteiger partial charge in [-0.1, -0.05) is 0 Å². The van der Waals surface area contributed by atoms with Crippen molar-refractivity contribution < 1.29 is 9.90 Å². The number of rotatable bonds is 2. The number of nitrogens with one attached hydrogen (secondary N) is 1. The van der Waals surface area contributed by atoms with Crippen molar-refractivity contribution in [3.8, 4) is 0 Å². The first-order chi connectivity index (χ1) is 3.79. The number of carbonyl (C=O) groups is 1. The fourth-order valence-corrected chi connectivity index (χ4v) is 0.554. The lowest BCUT2D eigenvalue weighted by Gasteiger charge is -1.93. The molecule has 1 aliphatic rings. The lowest BCUT2D eigenvalue weighted by molar-refractivity contribution is 0.194. The van der Waals surface area contributed by atoms with E-state index in [1.807, 2.05) is 0 Å². The SMILES string of the molecule is Cl.O=C(O)NCC1CC1. The van der Waals surface area contributed by atoms with Crippen molar-refractivity contribution in [3.63, 3.8) is 0 Å². The molecule has 54 valence electrons. The Morgan fingerprint density at radius 3 is 2.56 bits per heavy atom. The zero-order valence-electron chi connectivity index (χ0n) is 4.96. The highest BCUT2D eigenvalue weighted by molar-refractivity contribution is 5.85. The second kappa shape index (κ2) is 3.56. The smallest absolute Gasteiger partial charge is 0.404 e. The molecule has 0 saturated heterocycles. The van der Waals surface area contributed by atoms with Gasteiger partial charge in [0.05, 0.1) is 0 Å². The van der Waals surface area contributed by atoms with Crippen LogP contribution >= 0.6 is 12.4 Å². The van der Waals surface area contributed by atoms with Gasteiger partial charge in [0, 0.05) is 6.54 Å². The van der Waals surface area contributed by atoms with Crippen molar-refractivity contribution in [1.82, 2.24) is 5.32 Å². The number of hydrogen-bond donors (Lipinski definition) is 2. The van der Waals surface area contributed by atoms with Crippen LogP contribution in [0.5, 0.6) is 0 Å². The summed E-state index contributed by atoms with van der Waals surface area (Å²) in [5.74, 6) is 0.645. The summed E-state index contributed by atoms with van der Waals surface area (Å²) >= 11 is 0. The Bertz CT molecular complexity index is 103. The normalized spacial score (nSPS) is 16.0. The molecule has 0 spiro atoms. The van der Waals surface area contributed by atoms with Crippen LogP contribution in [0.1, 0.15) is 12.8 Å². The lowest BCUT2D eigenvalue weighted by atomic mass is 10.4. The molecule has 0 aliphatic heterocycles. The Morgan fingerprint density at radius 1 is 1.67 bits per heavy atom. The van der Waals surface area contributed by atoms with E-state index in [0.29, 0.717) is 12.5 Å². The molecule has 1 aliphatic carbocycles. The summed E-state index contributed by atoms with van der Waals surface area (Å²) in [6, 6.07) is 0. The highest BCUT2D eigenvalue weighted by atomic mass is 35.5. The second-order valence-electron chi connectivity index (χ2n) is 2.13. The molecular weight excluding hydrogens is 142 g/mol. The van der Waals surface area contributed by atoms with Crippen LogP contribution in [0.4, 0.5) is 4.79 Å². The van der Waals surface area contributed by atoms with E-state index in [1.165, 1.54) is 12.8 Å². The first-order valence-electron chi connectivity index (χ1n) is 2.76. The minimum atomic E-state index is -0.906. The third-order valence-corrected chi connectivity index (χ3v) is 1.24. The Balaban J connectivity index is 0.000000640. The number of amides is 1. The van der Waals surface area contributed by atoms with Crippen molar-refractivity contribution >= 4 is 18.5 Å². The molecule has 2 N–H and O–H groups in total. The highest BCUT2D eigenvalue weighted by Crippen LogP contribution is 2.27. The van der Waals surface area contributed by atoms with E-state index < -0.39 is 6.09 Å². The summed E-state index contributed by atoms with van der Waals surface area (Å²) < 4.78 is 0. The van der Waals surface area contributed by atoms with Crippen LogP contribution in [0.2, 0.25) is 0 Å². The van der Waals surface area contributed by atoms with Crippen molar-refractivity contribution in [1.29, 1.82) is 0 Å². The van der Waals surface area contributed by atoms with Crippen LogP contribution in [0.25, 0.3) is 0 Å². The summed E-state index contributed by atoms with van der Waals surface area (Å²) in [6.07, 6.45) is 1.48. The molecule has 0 atom stereocenters. The molecule has 0 bridgehead atoms. The number of hydrogen-bond acceptors (Lipinski definition) is 1. The maximum absolute atomic E-state index is 9.82. The first kappa shape index (κ1) is 8.56. The van der Waals surface area contributed by atoms with Gasteiger partial charge in [-0.3, -0.25) is 0 Å². The third-order valence-electron chi connectivity index (χ3n) is 1.24. The minimum Gasteiger partial charge on any atom is -0.465 e. The van der Waals surface area contributed by atoms with Crippen LogP contribution in [0.3, 0.4) is 0 Å². The van der Waals surface area contributed by atoms with Crippen LogP contribution in [-0.4, -0.2) is 17.7 Å². The fraction of sp³-hybridized carbons (Fsp3) is 0.800. The van der Waals surface area contributed by atoms with E-state index in [9.17, 15) is 4.79 Å². The van der Waals surface area contributed by atoms with Gasteiger partial charge in [0.2, 0.25) is 0 Å². The molecule has 0 aromatic carbocycles. The van der Waals surface area contributed by atoms with Gasteiger partial charge in [0.15, 0.2) is 0 Å². The quantitative estimate of drug-likeness (QED) is 0.621. The molecule has 3 nitrogen and oxygen atoms in total. The van der Waals surface area contributed by atoms with E-state index in [1.54, 1.807) is 0 Å². The average molecular weight is 152 g/mol. The summed E-state index contributed by atoms with van der Waals surface area (Å²) in [5.41, 5.74) is 0. The zero-order valence-corrected chi connectivity index (χ0v) is 5.78. The molecule has 1 fully saturated rings. The number of halogens is 1. The molecule has 0 aromatic rings. The van der Waals surface area contributed by atoms with Gasteiger partial charge in [0.25, 0.3) is 0 Å². The Morgan fingerprint density at radius 2 is 2.22 bits per heavy atom. The maximum Gasteiger partial charge on any atom is 0.404 e. The maximum atomic E-state index is 9.82. The topological polar surface area (TPSA) is 49.3 Å². The monoisotopic (exact) mass is 151 g/mol. The third kappa shape index (κ3) is 4.09. The second-order valence-corrected chi connectivity index (χ2v) is 2.13. The van der Waals surface area contributed by atoms with E-state index >= 15 is 0 Å². The summed E-state index contributed by atoms with van der Waals surface area (Å²) in [7, 11) is 0. The van der Waals surface area contributed by atoms with Gasteiger partial charge >= 0.3 is 6.09 Å². The van der Waals surface area contributed by atoms with E-state index in [-0.39, 0.29) is 12.4 Å². The lowest BCUT2D eigenvalue weighted by Crippen LogP contribution is -2.22. The van der Waals surface area contributed by atoms with E-state index in [0.717, 1.165) is 0 Å². The van der Waals surface area contributed by atoms with E-state index in [4.69, 9.17) is 5.11 Å². The predicted molar refractivity (Wildman–Crippen MR) is 36.0 cm³/mol. The minimum absolute atomic E-state index is 0. The highest BCUT2D eigenvalue weighted by Gasteiger charge is 2.21. The van der Waals surface area contributed by atoms with E-state index in [2.05, 4.69) is 5.32 Å². The largest absolute Gasteiger partial charge is 0.465 e. The molecular formula is C5H10ClNO2. The van der Waals surface area contributed by atoms with Gasteiger partial charge < -0.3 is 10.4 Å². The summed E-state index contributed by atoms with van der Waals surface area (Å²) in [4.78, 5) is 9.82. The molecule has 0 unspecified atom stereocenters. The summed E-state index contributed by atoms with van der Waals surface area (Å²) in [6.45, 7) is 0.648. The Labute approximate surface area is 59.9 Å². The van der Waals surface area contributed by atoms with Crippen LogP contribution in [-0.2, 0) is 0 Å². The standard InChI is InChI=1S/C5H9NO2.ClH/c7-5(8)6-3-4-1-2-4;/h4,6H,1-3H2,(H,7,8);1H. The van der Waals surface area contributed by atoms with Crippen molar-refractivity contribution in [2.75, 3.05) is 6.54 Å². The zero-order chi connectivity index (χ0) is 5.98. The van der Waals surface area contributed by atoms with Crippen LogP contribution in [0.15, 0.2) is 0 Å². The van der Waals surface area contributed by atoms with Crippen LogP contribution in [0, 0.1) is 5.92 Å². The fourth-order valence-electron chi connectivity index (χ4n) is 0.554. The molecule has 1 saturated carbocycles. The summed E-state index contributed by atoms with van der Waals surface area (Å²) in [5, 5.41) is 10.4. The molecule has 0 heterocycles. The molecule has 4 heteroatoms. The number of carboxylic acid groups (broad SMARTS) is 1. The molecule has 0 aromatic heterocycles. The van der Waals surface area contributed by atoms with Crippen molar-refractivity contribution in [2.45, 2.75) is 12.8 Å². The van der Waals surface area contributed by atoms with Gasteiger partial charge in [-0.15, -0.1) is 12.4 Å². The van der Waals surface area contributed by atoms with Crippen molar-refractivity contribution in [2.24, 2.45) is 5.92 Å². The van der Waals surface area contributed by atoms with Crippen LogP contribution < -0.4 is 5.32 Å². The van der Waals surface area contributed by atoms with Crippen molar-refractivity contribution in [3.05, 3.63) is 0 Å².